The Morgan fingerprint density at radius 3 is 2.39 bits per heavy atom. The van der Waals surface area contributed by atoms with Crippen molar-refractivity contribution < 1.29 is 4.79 Å². The van der Waals surface area contributed by atoms with Gasteiger partial charge in [-0.25, -0.2) is 4.98 Å². The first-order chi connectivity index (χ1) is 16.0. The standard InChI is InChI=1S/C28H37N3O2/c1-5-8-10-19-26(32)30(20-9-6-2)21(4)27-29-24-17-13-12-16-23(24)28(33)31(27)25-18-14-11-15-22(25)7-3/h11-18,21H,5-10,19-20H2,1-4H3. The second kappa shape index (κ2) is 11.8. The fourth-order valence-electron chi connectivity index (χ4n) is 4.36. The van der Waals surface area contributed by atoms with E-state index < -0.39 is 0 Å². The third-order valence-electron chi connectivity index (χ3n) is 6.32. The van der Waals surface area contributed by atoms with Gasteiger partial charge in [0.05, 0.1) is 22.6 Å². The van der Waals surface area contributed by atoms with Gasteiger partial charge in [-0.05, 0) is 49.9 Å². The van der Waals surface area contributed by atoms with Crippen molar-refractivity contribution in [1.29, 1.82) is 0 Å². The van der Waals surface area contributed by atoms with Crippen LogP contribution in [0, 0.1) is 0 Å². The summed E-state index contributed by atoms with van der Waals surface area (Å²) in [6.45, 7) is 9.04. The Bertz CT molecular complexity index is 1140. The number of para-hydroxylation sites is 2. The summed E-state index contributed by atoms with van der Waals surface area (Å²) in [5.74, 6) is 0.765. The lowest BCUT2D eigenvalue weighted by Crippen LogP contribution is -2.38. The predicted octanol–water partition coefficient (Wildman–Crippen LogP) is 6.22. The molecule has 2 aromatic carbocycles. The molecule has 1 aromatic heterocycles. The van der Waals surface area contributed by atoms with Crippen molar-refractivity contribution >= 4 is 16.8 Å². The van der Waals surface area contributed by atoms with E-state index >= 15 is 0 Å². The molecule has 1 unspecified atom stereocenters. The number of nitrogens with zero attached hydrogens (tertiary/aromatic N) is 3. The molecule has 0 fully saturated rings. The van der Waals surface area contributed by atoms with E-state index in [0.717, 1.165) is 49.8 Å². The molecule has 176 valence electrons. The van der Waals surface area contributed by atoms with Crippen molar-refractivity contribution in [2.75, 3.05) is 6.54 Å². The summed E-state index contributed by atoms with van der Waals surface area (Å²) in [4.78, 5) is 33.9. The molecule has 0 spiro atoms. The first-order valence-electron chi connectivity index (χ1n) is 12.4. The van der Waals surface area contributed by atoms with Crippen LogP contribution in [0.25, 0.3) is 16.6 Å². The number of hydrogen-bond donors (Lipinski definition) is 0. The molecule has 3 aromatic rings. The molecule has 0 aliphatic heterocycles. The van der Waals surface area contributed by atoms with Crippen LogP contribution in [0.15, 0.2) is 53.3 Å². The quantitative estimate of drug-likeness (QED) is 0.328. The van der Waals surface area contributed by atoms with Gasteiger partial charge in [-0.2, -0.15) is 0 Å². The molecular weight excluding hydrogens is 410 g/mol. The number of rotatable bonds is 11. The summed E-state index contributed by atoms with van der Waals surface area (Å²) >= 11 is 0. The fourth-order valence-corrected chi connectivity index (χ4v) is 4.36. The molecule has 1 atom stereocenters. The van der Waals surface area contributed by atoms with Crippen LogP contribution in [-0.4, -0.2) is 26.9 Å². The number of unbranched alkanes of at least 4 members (excludes halogenated alkanes) is 3. The van der Waals surface area contributed by atoms with Crippen LogP contribution in [0.2, 0.25) is 0 Å². The number of aromatic nitrogens is 2. The van der Waals surface area contributed by atoms with Crippen LogP contribution >= 0.6 is 0 Å². The average Bonchev–Trinajstić information content (AvgIpc) is 2.84. The highest BCUT2D eigenvalue weighted by Crippen LogP contribution is 2.26. The van der Waals surface area contributed by atoms with Gasteiger partial charge in [-0.15, -0.1) is 0 Å². The van der Waals surface area contributed by atoms with Crippen molar-refractivity contribution in [2.45, 2.75) is 78.7 Å². The summed E-state index contributed by atoms with van der Waals surface area (Å²) in [7, 11) is 0. The van der Waals surface area contributed by atoms with Gasteiger partial charge in [0.15, 0.2) is 0 Å². The Hall–Kier alpha value is -2.95. The van der Waals surface area contributed by atoms with Crippen molar-refractivity contribution in [3.63, 3.8) is 0 Å². The van der Waals surface area contributed by atoms with E-state index in [1.165, 1.54) is 0 Å². The van der Waals surface area contributed by atoms with Crippen LogP contribution in [0.3, 0.4) is 0 Å². The third kappa shape index (κ3) is 5.52. The van der Waals surface area contributed by atoms with Crippen LogP contribution in [-0.2, 0) is 11.2 Å². The first-order valence-corrected chi connectivity index (χ1v) is 12.4. The van der Waals surface area contributed by atoms with Crippen LogP contribution < -0.4 is 5.56 Å². The van der Waals surface area contributed by atoms with E-state index in [2.05, 4.69) is 26.8 Å². The minimum atomic E-state index is -0.312. The third-order valence-corrected chi connectivity index (χ3v) is 6.32. The highest BCUT2D eigenvalue weighted by atomic mass is 16.2. The molecule has 0 bridgehead atoms. The van der Waals surface area contributed by atoms with E-state index in [4.69, 9.17) is 4.98 Å². The van der Waals surface area contributed by atoms with Gasteiger partial charge >= 0.3 is 0 Å². The first kappa shape index (κ1) is 24.7. The molecule has 0 saturated carbocycles. The molecule has 5 nitrogen and oxygen atoms in total. The molecule has 3 rings (SSSR count). The highest BCUT2D eigenvalue weighted by Gasteiger charge is 2.26. The molecule has 0 saturated heterocycles. The van der Waals surface area contributed by atoms with Crippen molar-refractivity contribution in [3.8, 4) is 5.69 Å². The molecule has 0 radical (unpaired) electrons. The van der Waals surface area contributed by atoms with E-state index in [9.17, 15) is 9.59 Å². The Morgan fingerprint density at radius 2 is 1.67 bits per heavy atom. The van der Waals surface area contributed by atoms with Crippen molar-refractivity contribution in [2.24, 2.45) is 0 Å². The van der Waals surface area contributed by atoms with Crippen LogP contribution in [0.4, 0.5) is 0 Å². The smallest absolute Gasteiger partial charge is 0.266 e. The minimum absolute atomic E-state index is 0.0859. The van der Waals surface area contributed by atoms with Gasteiger partial charge in [0.25, 0.3) is 5.56 Å². The van der Waals surface area contributed by atoms with Crippen molar-refractivity contribution in [3.05, 3.63) is 70.3 Å². The largest absolute Gasteiger partial charge is 0.333 e. The molecule has 0 N–H and O–H groups in total. The Labute approximate surface area is 197 Å². The van der Waals surface area contributed by atoms with E-state index in [1.54, 1.807) is 4.57 Å². The summed E-state index contributed by atoms with van der Waals surface area (Å²) in [6, 6.07) is 15.1. The monoisotopic (exact) mass is 447 g/mol. The van der Waals surface area contributed by atoms with Gasteiger partial charge in [0.2, 0.25) is 5.91 Å². The maximum atomic E-state index is 13.8. The van der Waals surface area contributed by atoms with Crippen molar-refractivity contribution in [1.82, 2.24) is 14.5 Å². The average molecular weight is 448 g/mol. The SMILES string of the molecule is CCCCCC(=O)N(CCCC)C(C)c1nc2ccccc2c(=O)n1-c1ccccc1CC. The summed E-state index contributed by atoms with van der Waals surface area (Å²) < 4.78 is 1.74. The van der Waals surface area contributed by atoms with Gasteiger partial charge in [-0.1, -0.05) is 70.4 Å². The van der Waals surface area contributed by atoms with E-state index in [1.807, 2.05) is 54.3 Å². The molecule has 0 aliphatic rings. The van der Waals surface area contributed by atoms with Crippen LogP contribution in [0.5, 0.6) is 0 Å². The maximum absolute atomic E-state index is 13.8. The zero-order valence-corrected chi connectivity index (χ0v) is 20.5. The number of carbonyl (C=O) groups excluding carboxylic acids is 1. The molecule has 33 heavy (non-hydrogen) atoms. The number of aryl methyl sites for hydroxylation is 1. The molecular formula is C28H37N3O2. The molecule has 0 aliphatic carbocycles. The van der Waals surface area contributed by atoms with E-state index in [0.29, 0.717) is 29.7 Å². The lowest BCUT2D eigenvalue weighted by Gasteiger charge is -2.31. The van der Waals surface area contributed by atoms with Gasteiger partial charge in [0.1, 0.15) is 5.82 Å². The Kier molecular flexibility index (Phi) is 8.81. The molecule has 1 amide bonds. The van der Waals surface area contributed by atoms with Gasteiger partial charge in [0, 0.05) is 13.0 Å². The topological polar surface area (TPSA) is 55.2 Å². The number of hydrogen-bond acceptors (Lipinski definition) is 3. The second-order valence-corrected chi connectivity index (χ2v) is 8.68. The lowest BCUT2D eigenvalue weighted by molar-refractivity contribution is -0.133. The molecule has 1 heterocycles. The number of amides is 1. The number of benzene rings is 2. The lowest BCUT2D eigenvalue weighted by atomic mass is 10.1. The second-order valence-electron chi connectivity index (χ2n) is 8.68. The number of fused-ring (bicyclic) bond motifs is 1. The van der Waals surface area contributed by atoms with Gasteiger partial charge in [-0.3, -0.25) is 14.2 Å². The minimum Gasteiger partial charge on any atom is -0.333 e. The maximum Gasteiger partial charge on any atom is 0.266 e. The van der Waals surface area contributed by atoms with Gasteiger partial charge < -0.3 is 4.90 Å². The predicted molar refractivity (Wildman–Crippen MR) is 136 cm³/mol. The summed E-state index contributed by atoms with van der Waals surface area (Å²) in [5, 5.41) is 0.591. The zero-order valence-electron chi connectivity index (χ0n) is 20.5. The normalized spacial score (nSPS) is 12.1. The summed E-state index contributed by atoms with van der Waals surface area (Å²) in [5.41, 5.74) is 2.51. The van der Waals surface area contributed by atoms with Crippen LogP contribution in [0.1, 0.15) is 83.6 Å². The molecule has 5 heteroatoms. The fraction of sp³-hybridized carbons (Fsp3) is 0.464. The highest BCUT2D eigenvalue weighted by molar-refractivity contribution is 5.79. The zero-order chi connectivity index (χ0) is 23.8. The van der Waals surface area contributed by atoms with E-state index in [-0.39, 0.29) is 17.5 Å². The Morgan fingerprint density at radius 1 is 0.970 bits per heavy atom. The summed E-state index contributed by atoms with van der Waals surface area (Å²) in [6.07, 6.45) is 6.28. The number of carbonyl (C=O) groups is 1. The Balaban J connectivity index is 2.18.